The van der Waals surface area contributed by atoms with Gasteiger partial charge in [0.2, 0.25) is 5.91 Å². The van der Waals surface area contributed by atoms with Gasteiger partial charge in [-0.15, -0.1) is 0 Å². The van der Waals surface area contributed by atoms with Crippen molar-refractivity contribution in [2.45, 2.75) is 31.7 Å². The third-order valence-corrected chi connectivity index (χ3v) is 7.52. The first-order chi connectivity index (χ1) is 20.2. The molecule has 0 saturated carbocycles. The van der Waals surface area contributed by atoms with Crippen LogP contribution >= 0.6 is 11.6 Å². The summed E-state index contributed by atoms with van der Waals surface area (Å²) in [5.74, 6) is 0.155. The molecule has 2 heterocycles. The summed E-state index contributed by atoms with van der Waals surface area (Å²) < 4.78 is 5.53. The molecule has 5 rings (SSSR count). The lowest BCUT2D eigenvalue weighted by molar-refractivity contribution is -0.121. The van der Waals surface area contributed by atoms with Crippen molar-refractivity contribution >= 4 is 47.4 Å². The van der Waals surface area contributed by atoms with E-state index in [1.54, 1.807) is 7.11 Å². The highest BCUT2D eigenvalue weighted by molar-refractivity contribution is 6.58. The van der Waals surface area contributed by atoms with Gasteiger partial charge in [0.25, 0.3) is 5.91 Å². The summed E-state index contributed by atoms with van der Waals surface area (Å²) in [6, 6.07) is 18.8. The van der Waals surface area contributed by atoms with E-state index < -0.39 is 13.2 Å². The van der Waals surface area contributed by atoms with Crippen molar-refractivity contribution < 1.29 is 24.4 Å². The smallest absolute Gasteiger partial charge is 0.488 e. The number of hydrogen-bond acceptors (Lipinski definition) is 9. The number of rotatable bonds is 9. The molecule has 2 aliphatic rings. The second kappa shape index (κ2) is 12.9. The number of halogens is 1. The Kier molecular flexibility index (Phi) is 9.10. The Morgan fingerprint density at radius 1 is 1.02 bits per heavy atom. The number of amides is 2. The number of anilines is 1. The summed E-state index contributed by atoms with van der Waals surface area (Å²) in [5.41, 5.74) is 10.7. The molecular weight excluding hydrogens is 559 g/mol. The first-order valence-electron chi connectivity index (χ1n) is 13.6. The van der Waals surface area contributed by atoms with Crippen LogP contribution in [-0.4, -0.2) is 73.3 Å². The molecule has 2 unspecified atom stereocenters. The zero-order valence-electron chi connectivity index (χ0n) is 23.2. The molecule has 6 N–H and O–H groups in total. The summed E-state index contributed by atoms with van der Waals surface area (Å²) >= 11 is 6.17. The Morgan fingerprint density at radius 3 is 2.43 bits per heavy atom. The first kappa shape index (κ1) is 29.6. The van der Waals surface area contributed by atoms with Gasteiger partial charge in [0.05, 0.1) is 31.4 Å². The summed E-state index contributed by atoms with van der Waals surface area (Å²) in [4.78, 5) is 32.9. The van der Waals surface area contributed by atoms with Crippen molar-refractivity contribution in [3.8, 4) is 5.75 Å². The molecule has 1 fully saturated rings. The molecule has 42 heavy (non-hydrogen) atoms. The van der Waals surface area contributed by atoms with E-state index >= 15 is 0 Å². The average molecular weight is 591 g/mol. The normalized spacial score (nSPS) is 19.2. The van der Waals surface area contributed by atoms with E-state index in [0.717, 1.165) is 22.5 Å². The van der Waals surface area contributed by atoms with Crippen LogP contribution in [0.1, 0.15) is 34.8 Å². The van der Waals surface area contributed by atoms with E-state index in [2.05, 4.69) is 26.4 Å². The SMILES string of the molecule is COc1ccc2c(c1)C(c1ccc(Cl)cc1)=N[C@@H](CC(=O)NCCNC(=O)c1ccc(B(O)O)cc1)C1NNC(C)N21. The maximum Gasteiger partial charge on any atom is 0.488 e. The molecule has 3 aromatic rings. The molecule has 0 spiro atoms. The minimum absolute atomic E-state index is 0.0719. The van der Waals surface area contributed by atoms with Crippen LogP contribution in [-0.2, 0) is 4.79 Å². The van der Waals surface area contributed by atoms with Gasteiger partial charge in [0.15, 0.2) is 0 Å². The van der Waals surface area contributed by atoms with Crippen LogP contribution in [0.4, 0.5) is 5.69 Å². The number of ether oxygens (including phenoxy) is 1. The Hall–Kier alpha value is -3.94. The number of carbonyl (C=O) groups excluding carboxylic acids is 2. The van der Waals surface area contributed by atoms with Crippen LogP contribution in [0.15, 0.2) is 71.7 Å². The van der Waals surface area contributed by atoms with Gasteiger partial charge < -0.3 is 30.3 Å². The maximum atomic E-state index is 13.1. The number of nitrogens with zero attached hydrogens (tertiary/aromatic N) is 2. The van der Waals surface area contributed by atoms with Gasteiger partial charge in [-0.1, -0.05) is 35.9 Å². The minimum Gasteiger partial charge on any atom is -0.497 e. The van der Waals surface area contributed by atoms with Gasteiger partial charge >= 0.3 is 7.12 Å². The standard InChI is InChI=1S/C29H32BClN6O5/c1-17-35-36-28-24(16-26(38)32-13-14-33-29(39)19-3-7-20(8-4-19)30(40)41)34-27(18-5-9-21(31)10-6-18)23-15-22(42-2)11-12-25(23)37(17)28/h3-12,15,17,24,28,35-36,40-41H,13-14,16H2,1-2H3,(H,32,38)(H,33,39)/t17?,24-,28?/m0/s1. The van der Waals surface area contributed by atoms with Gasteiger partial charge in [-0.2, -0.15) is 0 Å². The van der Waals surface area contributed by atoms with Crippen LogP contribution in [0.3, 0.4) is 0 Å². The third-order valence-electron chi connectivity index (χ3n) is 7.27. The highest BCUT2D eigenvalue weighted by atomic mass is 35.5. The van der Waals surface area contributed by atoms with E-state index in [1.807, 2.05) is 49.4 Å². The number of nitrogens with one attached hydrogen (secondary N) is 4. The van der Waals surface area contributed by atoms with Crippen LogP contribution < -0.4 is 36.6 Å². The number of benzene rings is 3. The fraction of sp³-hybridized carbons (Fsp3) is 0.276. The second-order valence-electron chi connectivity index (χ2n) is 10.1. The lowest BCUT2D eigenvalue weighted by Gasteiger charge is -2.31. The number of hydrazine groups is 1. The molecule has 2 amide bonds. The van der Waals surface area contributed by atoms with E-state index in [-0.39, 0.29) is 43.7 Å². The number of hydrogen-bond donors (Lipinski definition) is 6. The lowest BCUT2D eigenvalue weighted by atomic mass is 9.80. The number of carbonyl (C=O) groups is 2. The summed E-state index contributed by atoms with van der Waals surface area (Å²) in [7, 11) is 0.0234. The third kappa shape index (κ3) is 6.43. The minimum atomic E-state index is -1.60. The van der Waals surface area contributed by atoms with Crippen molar-refractivity contribution in [2.24, 2.45) is 4.99 Å². The molecule has 0 bridgehead atoms. The van der Waals surface area contributed by atoms with Crippen molar-refractivity contribution in [2.75, 3.05) is 25.1 Å². The summed E-state index contributed by atoms with van der Waals surface area (Å²) in [6.45, 7) is 2.48. The Balaban J connectivity index is 1.31. The second-order valence-corrected chi connectivity index (χ2v) is 10.5. The van der Waals surface area contributed by atoms with Crippen molar-refractivity contribution in [3.05, 3.63) is 88.4 Å². The molecule has 2 aliphatic heterocycles. The van der Waals surface area contributed by atoms with Gasteiger partial charge in [-0.3, -0.25) is 14.6 Å². The largest absolute Gasteiger partial charge is 0.497 e. The Labute approximate surface area is 249 Å². The number of aliphatic imine (C=N–C) groups is 1. The van der Waals surface area contributed by atoms with Crippen molar-refractivity contribution in [1.82, 2.24) is 21.5 Å². The topological polar surface area (TPSA) is 148 Å². The zero-order valence-corrected chi connectivity index (χ0v) is 23.9. The molecule has 3 atom stereocenters. The molecule has 218 valence electrons. The van der Waals surface area contributed by atoms with Gasteiger partial charge in [-0.25, -0.2) is 10.9 Å². The Bertz CT molecular complexity index is 1470. The fourth-order valence-corrected chi connectivity index (χ4v) is 5.26. The molecule has 1 saturated heterocycles. The van der Waals surface area contributed by atoms with Crippen LogP contribution in [0.2, 0.25) is 5.02 Å². The van der Waals surface area contributed by atoms with Crippen molar-refractivity contribution in [1.29, 1.82) is 0 Å². The van der Waals surface area contributed by atoms with Gasteiger partial charge in [-0.05, 0) is 54.9 Å². The summed E-state index contributed by atoms with van der Waals surface area (Å²) in [6.07, 6.45) is -0.274. The predicted octanol–water partition coefficient (Wildman–Crippen LogP) is 0.771. The molecule has 11 nitrogen and oxygen atoms in total. The molecule has 0 aromatic heterocycles. The van der Waals surface area contributed by atoms with E-state index in [0.29, 0.717) is 21.8 Å². The van der Waals surface area contributed by atoms with E-state index in [1.165, 1.54) is 24.3 Å². The molecule has 13 heteroatoms. The predicted molar refractivity (Wildman–Crippen MR) is 162 cm³/mol. The van der Waals surface area contributed by atoms with Crippen LogP contribution in [0, 0.1) is 0 Å². The lowest BCUT2D eigenvalue weighted by Crippen LogP contribution is -2.48. The van der Waals surface area contributed by atoms with Crippen LogP contribution in [0.25, 0.3) is 0 Å². The molecule has 0 aliphatic carbocycles. The highest BCUT2D eigenvalue weighted by Crippen LogP contribution is 2.36. The van der Waals surface area contributed by atoms with Gasteiger partial charge in [0.1, 0.15) is 11.9 Å². The quantitative estimate of drug-likeness (QED) is 0.158. The molecular formula is C29H32BClN6O5. The van der Waals surface area contributed by atoms with Crippen molar-refractivity contribution in [3.63, 3.8) is 0 Å². The first-order valence-corrected chi connectivity index (χ1v) is 14.0. The van der Waals surface area contributed by atoms with Crippen LogP contribution in [0.5, 0.6) is 5.75 Å². The summed E-state index contributed by atoms with van der Waals surface area (Å²) in [5, 5.41) is 24.7. The number of fused-ring (bicyclic) bond motifs is 3. The molecule has 3 aromatic carbocycles. The fourth-order valence-electron chi connectivity index (χ4n) is 5.13. The van der Waals surface area contributed by atoms with Gasteiger partial charge in [0, 0.05) is 40.5 Å². The van der Waals surface area contributed by atoms with E-state index in [4.69, 9.17) is 21.3 Å². The highest BCUT2D eigenvalue weighted by Gasteiger charge is 2.40. The Morgan fingerprint density at radius 2 is 1.74 bits per heavy atom. The number of methoxy groups -OCH3 is 1. The maximum absolute atomic E-state index is 13.1. The molecule has 0 radical (unpaired) electrons. The monoisotopic (exact) mass is 590 g/mol. The van der Waals surface area contributed by atoms with E-state index in [9.17, 15) is 19.6 Å². The average Bonchev–Trinajstić information content (AvgIpc) is 3.32. The zero-order chi connectivity index (χ0) is 29.8.